The number of ether oxygens (including phenoxy) is 1. The summed E-state index contributed by atoms with van der Waals surface area (Å²) in [5.74, 6) is 1.09. The van der Waals surface area contributed by atoms with Gasteiger partial charge in [0.1, 0.15) is 24.3 Å². The van der Waals surface area contributed by atoms with Crippen molar-refractivity contribution in [1.82, 2.24) is 9.55 Å². The Morgan fingerprint density at radius 1 is 1.03 bits per heavy atom. The van der Waals surface area contributed by atoms with Gasteiger partial charge in [0.25, 0.3) is 5.91 Å². The van der Waals surface area contributed by atoms with Gasteiger partial charge in [0.2, 0.25) is 0 Å². The number of aliphatic hydroxyl groups is 1. The van der Waals surface area contributed by atoms with Gasteiger partial charge in [0, 0.05) is 12.1 Å². The number of para-hydroxylation sites is 4. The van der Waals surface area contributed by atoms with Crippen molar-refractivity contribution in [2.75, 3.05) is 11.9 Å². The first-order valence-corrected chi connectivity index (χ1v) is 10.4. The van der Waals surface area contributed by atoms with E-state index in [1.54, 1.807) is 24.3 Å². The van der Waals surface area contributed by atoms with E-state index in [1.807, 2.05) is 66.1 Å². The summed E-state index contributed by atoms with van der Waals surface area (Å²) in [4.78, 5) is 17.3. The van der Waals surface area contributed by atoms with E-state index in [1.165, 1.54) is 0 Å². The van der Waals surface area contributed by atoms with E-state index in [2.05, 4.69) is 10.3 Å². The monoisotopic (exact) mass is 415 g/mol. The van der Waals surface area contributed by atoms with E-state index >= 15 is 0 Å². The van der Waals surface area contributed by atoms with Gasteiger partial charge in [0.15, 0.2) is 0 Å². The number of benzene rings is 3. The number of nitrogens with one attached hydrogen (secondary N) is 1. The lowest BCUT2D eigenvalue weighted by Crippen LogP contribution is -2.25. The zero-order valence-electron chi connectivity index (χ0n) is 17.4. The fourth-order valence-electron chi connectivity index (χ4n) is 3.55. The molecule has 1 amide bonds. The normalized spacial score (nSPS) is 11.9. The van der Waals surface area contributed by atoms with Crippen molar-refractivity contribution in [2.24, 2.45) is 0 Å². The van der Waals surface area contributed by atoms with Crippen LogP contribution in [0.1, 0.15) is 23.1 Å². The average molecular weight is 415 g/mol. The van der Waals surface area contributed by atoms with Gasteiger partial charge >= 0.3 is 0 Å². The van der Waals surface area contributed by atoms with Gasteiger partial charge in [-0.3, -0.25) is 4.79 Å². The minimum absolute atomic E-state index is 0.0608. The van der Waals surface area contributed by atoms with Crippen LogP contribution in [0.15, 0.2) is 78.9 Å². The van der Waals surface area contributed by atoms with E-state index in [9.17, 15) is 9.90 Å². The van der Waals surface area contributed by atoms with Crippen LogP contribution in [0.25, 0.3) is 11.0 Å². The first-order chi connectivity index (χ1) is 15.2. The van der Waals surface area contributed by atoms with Gasteiger partial charge in [-0.2, -0.15) is 0 Å². The van der Waals surface area contributed by atoms with Gasteiger partial charge in [-0.05, 0) is 36.4 Å². The Hall–Kier alpha value is -3.64. The summed E-state index contributed by atoms with van der Waals surface area (Å²) >= 11 is 0. The smallest absolute Gasteiger partial charge is 0.259 e. The maximum atomic E-state index is 12.7. The molecule has 3 aromatic carbocycles. The Morgan fingerprint density at radius 2 is 1.74 bits per heavy atom. The summed E-state index contributed by atoms with van der Waals surface area (Å²) in [7, 11) is 0. The van der Waals surface area contributed by atoms with Crippen molar-refractivity contribution in [1.29, 1.82) is 0 Å². The van der Waals surface area contributed by atoms with Gasteiger partial charge in [0.05, 0.1) is 23.1 Å². The molecule has 0 aliphatic carbocycles. The molecule has 6 nitrogen and oxygen atoms in total. The van der Waals surface area contributed by atoms with Crippen LogP contribution in [-0.2, 0) is 13.0 Å². The first kappa shape index (κ1) is 20.6. The highest BCUT2D eigenvalue weighted by Gasteiger charge is 2.16. The Balaban J connectivity index is 1.45. The van der Waals surface area contributed by atoms with Crippen molar-refractivity contribution in [3.63, 3.8) is 0 Å². The largest absolute Gasteiger partial charge is 0.490 e. The molecule has 0 fully saturated rings. The SMILES string of the molecule is CCc1nc2ccccc2n1C[C@@H](O)COc1ccccc1C(=O)Nc1ccccc1. The number of carbonyl (C=O) groups is 1. The highest BCUT2D eigenvalue weighted by atomic mass is 16.5. The second kappa shape index (κ2) is 9.45. The first-order valence-electron chi connectivity index (χ1n) is 10.4. The number of imidazole rings is 1. The number of anilines is 1. The van der Waals surface area contributed by atoms with Crippen molar-refractivity contribution in [3.05, 3.63) is 90.3 Å². The molecule has 158 valence electrons. The maximum absolute atomic E-state index is 12.7. The molecule has 4 aromatic rings. The van der Waals surface area contributed by atoms with Crippen molar-refractivity contribution >= 4 is 22.6 Å². The molecule has 2 N–H and O–H groups in total. The van der Waals surface area contributed by atoms with Crippen LogP contribution < -0.4 is 10.1 Å². The zero-order chi connectivity index (χ0) is 21.6. The average Bonchev–Trinajstić information content (AvgIpc) is 3.16. The number of hydrogen-bond acceptors (Lipinski definition) is 4. The molecule has 0 aliphatic rings. The van der Waals surface area contributed by atoms with Crippen molar-refractivity contribution < 1.29 is 14.6 Å². The summed E-state index contributed by atoms with van der Waals surface area (Å²) in [5, 5.41) is 13.5. The van der Waals surface area contributed by atoms with E-state index in [0.29, 0.717) is 23.5 Å². The number of nitrogens with zero attached hydrogens (tertiary/aromatic N) is 2. The quantitative estimate of drug-likeness (QED) is 0.450. The predicted octanol–water partition coefficient (Wildman–Crippen LogP) is 4.29. The second-order valence-corrected chi connectivity index (χ2v) is 7.26. The molecule has 1 aromatic heterocycles. The van der Waals surface area contributed by atoms with Gasteiger partial charge in [-0.25, -0.2) is 4.98 Å². The number of carbonyl (C=O) groups excluding carboxylic acids is 1. The lowest BCUT2D eigenvalue weighted by Gasteiger charge is -2.17. The van der Waals surface area contributed by atoms with Crippen LogP contribution in [0.2, 0.25) is 0 Å². The van der Waals surface area contributed by atoms with Crippen LogP contribution in [0.3, 0.4) is 0 Å². The zero-order valence-corrected chi connectivity index (χ0v) is 17.4. The molecular weight excluding hydrogens is 390 g/mol. The van der Waals surface area contributed by atoms with Gasteiger partial charge < -0.3 is 19.7 Å². The molecule has 6 heteroatoms. The molecule has 0 bridgehead atoms. The third-order valence-electron chi connectivity index (χ3n) is 5.04. The number of aliphatic hydroxyl groups excluding tert-OH is 1. The van der Waals surface area contributed by atoms with E-state index < -0.39 is 6.10 Å². The fourth-order valence-corrected chi connectivity index (χ4v) is 3.55. The van der Waals surface area contributed by atoms with Gasteiger partial charge in [-0.1, -0.05) is 49.4 Å². The number of aryl methyl sites for hydroxylation is 1. The predicted molar refractivity (Wildman–Crippen MR) is 121 cm³/mol. The van der Waals surface area contributed by atoms with Crippen LogP contribution in [0.4, 0.5) is 5.69 Å². The molecule has 4 rings (SSSR count). The molecule has 1 heterocycles. The lowest BCUT2D eigenvalue weighted by molar-refractivity contribution is 0.0901. The Labute approximate surface area is 181 Å². The molecule has 0 saturated carbocycles. The Morgan fingerprint density at radius 3 is 2.55 bits per heavy atom. The molecule has 0 spiro atoms. The van der Waals surface area contributed by atoms with E-state index in [0.717, 1.165) is 23.3 Å². The molecule has 0 saturated heterocycles. The van der Waals surface area contributed by atoms with Gasteiger partial charge in [-0.15, -0.1) is 0 Å². The van der Waals surface area contributed by atoms with E-state index in [-0.39, 0.29) is 12.5 Å². The molecular formula is C25H25N3O3. The van der Waals surface area contributed by atoms with Crippen LogP contribution in [0.5, 0.6) is 5.75 Å². The number of rotatable bonds is 8. The number of hydrogen-bond donors (Lipinski definition) is 2. The minimum Gasteiger partial charge on any atom is -0.490 e. The molecule has 0 unspecified atom stereocenters. The fraction of sp³-hybridized carbons (Fsp3) is 0.200. The Bertz CT molecular complexity index is 1170. The third-order valence-corrected chi connectivity index (χ3v) is 5.04. The third kappa shape index (κ3) is 4.75. The Kier molecular flexibility index (Phi) is 6.29. The van der Waals surface area contributed by atoms with Crippen LogP contribution in [-0.4, -0.2) is 33.3 Å². The molecule has 31 heavy (non-hydrogen) atoms. The topological polar surface area (TPSA) is 76.4 Å². The number of aromatic nitrogens is 2. The van der Waals surface area contributed by atoms with Crippen LogP contribution >= 0.6 is 0 Å². The molecule has 0 aliphatic heterocycles. The summed E-state index contributed by atoms with van der Waals surface area (Å²) < 4.78 is 7.87. The lowest BCUT2D eigenvalue weighted by atomic mass is 10.2. The summed E-state index contributed by atoms with van der Waals surface area (Å²) in [6.07, 6.45) is 0.0123. The maximum Gasteiger partial charge on any atom is 0.259 e. The van der Waals surface area contributed by atoms with Crippen molar-refractivity contribution in [2.45, 2.75) is 26.0 Å². The summed E-state index contributed by atoms with van der Waals surface area (Å²) in [6, 6.07) is 24.2. The minimum atomic E-state index is -0.756. The van der Waals surface area contributed by atoms with Crippen molar-refractivity contribution in [3.8, 4) is 5.75 Å². The highest BCUT2D eigenvalue weighted by molar-refractivity contribution is 6.06. The highest BCUT2D eigenvalue weighted by Crippen LogP contribution is 2.21. The standard InChI is InChI=1S/C25H25N3O3/c1-2-24-27-21-13-7-8-14-22(21)28(24)16-19(29)17-31-23-15-9-6-12-20(23)25(30)26-18-10-4-3-5-11-18/h3-15,19,29H,2,16-17H2,1H3,(H,26,30)/t19-/m1/s1. The summed E-state index contributed by atoms with van der Waals surface area (Å²) in [6.45, 7) is 2.47. The number of fused-ring (bicyclic) bond motifs is 1. The van der Waals surface area contributed by atoms with E-state index in [4.69, 9.17) is 4.74 Å². The molecule has 1 atom stereocenters. The van der Waals surface area contributed by atoms with Crippen LogP contribution in [0, 0.1) is 0 Å². The summed E-state index contributed by atoms with van der Waals surface area (Å²) in [5.41, 5.74) is 3.03. The number of amides is 1. The second-order valence-electron chi connectivity index (χ2n) is 7.26. The molecule has 0 radical (unpaired) electrons.